The van der Waals surface area contributed by atoms with E-state index in [0.29, 0.717) is 0 Å². The molecule has 0 aromatic carbocycles. The van der Waals surface area contributed by atoms with E-state index in [-0.39, 0.29) is 0 Å². The first kappa shape index (κ1) is 6.18. The molecule has 0 amide bonds. The maximum Gasteiger partial charge on any atom is 0.332 e. The summed E-state index contributed by atoms with van der Waals surface area (Å²) in [5.74, 6) is 0. The summed E-state index contributed by atoms with van der Waals surface area (Å²) in [6, 6.07) is 0. The van der Waals surface area contributed by atoms with Gasteiger partial charge in [-0.2, -0.15) is 0 Å². The normalized spacial score (nSPS) is 10.0. The molecule has 1 unspecified atom stereocenters. The third kappa shape index (κ3) is 5.18. The second-order valence-corrected chi connectivity index (χ2v) is 2.79. The fourth-order valence-electron chi connectivity index (χ4n) is 0.0445. The third-order valence-corrected chi connectivity index (χ3v) is 1.25. The van der Waals surface area contributed by atoms with E-state index >= 15 is 0 Å². The Morgan fingerprint density at radius 3 is 2.60 bits per heavy atom. The number of hydrogen-bond donors (Lipinski definition) is 0. The van der Waals surface area contributed by atoms with Crippen LogP contribution in [0.4, 0.5) is 0 Å². The van der Waals surface area contributed by atoms with E-state index in [9.17, 15) is 0 Å². The fourth-order valence-corrected chi connectivity index (χ4v) is 0.896. The molecule has 0 saturated carbocycles. The van der Waals surface area contributed by atoms with Crippen molar-refractivity contribution in [3.63, 3.8) is 0 Å². The van der Waals surface area contributed by atoms with Crippen molar-refractivity contribution in [1.82, 2.24) is 0 Å². The summed E-state index contributed by atoms with van der Waals surface area (Å²) in [7, 11) is 3.42. The molecule has 0 aromatic heterocycles. The molecule has 29 valence electrons. The van der Waals surface area contributed by atoms with Gasteiger partial charge in [-0.05, 0) is 0 Å². The molecule has 0 heterocycles. The van der Waals surface area contributed by atoms with Crippen LogP contribution in [0.3, 0.4) is 0 Å². The highest BCUT2D eigenvalue weighted by Crippen LogP contribution is 2.16. The molecule has 1 radical (unpaired) electrons. The molecule has 0 spiro atoms. The first-order chi connectivity index (χ1) is 2.41. The van der Waals surface area contributed by atoms with Crippen LogP contribution in [0.2, 0.25) is 0 Å². The van der Waals surface area contributed by atoms with Gasteiger partial charge in [0.1, 0.15) is 0 Å². The van der Waals surface area contributed by atoms with Crippen molar-refractivity contribution in [2.45, 2.75) is 0 Å². The van der Waals surface area contributed by atoms with Crippen LogP contribution in [0.1, 0.15) is 0 Å². The van der Waals surface area contributed by atoms with E-state index in [1.807, 2.05) is 0 Å². The lowest BCUT2D eigenvalue weighted by atomic mass is 10.6. The second kappa shape index (κ2) is 5.18. The quantitative estimate of drug-likeness (QED) is 0.370. The van der Waals surface area contributed by atoms with Crippen molar-refractivity contribution in [3.05, 3.63) is 0 Å². The van der Waals surface area contributed by atoms with Crippen LogP contribution in [0.25, 0.3) is 0 Å². The summed E-state index contributed by atoms with van der Waals surface area (Å²) < 4.78 is 4.57. The van der Waals surface area contributed by atoms with Crippen molar-refractivity contribution in [2.75, 3.05) is 7.11 Å². The van der Waals surface area contributed by atoms with Crippen LogP contribution in [-0.2, 0) is 4.65 Å². The zero-order valence-electron chi connectivity index (χ0n) is 2.86. The zero-order chi connectivity index (χ0) is 4.12. The van der Waals surface area contributed by atoms with Crippen LogP contribution >= 0.6 is 28.1 Å². The first-order valence-corrected chi connectivity index (χ1v) is 5.31. The van der Waals surface area contributed by atoms with E-state index in [0.717, 1.165) is 6.10 Å². The van der Waals surface area contributed by atoms with Crippen molar-refractivity contribution in [1.29, 1.82) is 0 Å². The van der Waals surface area contributed by atoms with Crippen molar-refractivity contribution >= 4 is 35.3 Å². The Labute approximate surface area is 47.4 Å². The van der Waals surface area contributed by atoms with Crippen LogP contribution < -0.4 is 0 Å². The van der Waals surface area contributed by atoms with Gasteiger partial charge < -0.3 is 4.65 Å². The molecular formula is CH4BIOP. The minimum Gasteiger partial charge on any atom is -0.436 e. The van der Waals surface area contributed by atoms with Gasteiger partial charge in [0.15, 0.2) is 0 Å². The maximum absolute atomic E-state index is 4.57. The Kier molecular flexibility index (Phi) is 6.41. The van der Waals surface area contributed by atoms with Crippen LogP contribution in [0.15, 0.2) is 0 Å². The highest BCUT2D eigenvalue weighted by atomic mass is 127. The van der Waals surface area contributed by atoms with Gasteiger partial charge in [-0.15, -0.1) is 0 Å². The molecular weight excluding hydrogens is 197 g/mol. The molecule has 0 aliphatic heterocycles. The molecule has 0 bridgehead atoms. The Bertz CT molecular complexity index is 19.1. The Morgan fingerprint density at radius 2 is 2.60 bits per heavy atom. The predicted molar refractivity (Wildman–Crippen MR) is 35.1 cm³/mol. The molecule has 0 rings (SSSR count). The Balaban J connectivity index is 2.19. The van der Waals surface area contributed by atoms with E-state index < -0.39 is 0 Å². The van der Waals surface area contributed by atoms with Gasteiger partial charge in [0.05, 0.1) is 0 Å². The van der Waals surface area contributed by atoms with E-state index in [1.54, 1.807) is 14.3 Å². The highest BCUT2D eigenvalue weighted by Gasteiger charge is 1.75. The molecule has 4 heteroatoms. The van der Waals surface area contributed by atoms with Gasteiger partial charge in [-0.1, -0.05) is 28.1 Å². The highest BCUT2D eigenvalue weighted by molar-refractivity contribution is 14.2. The molecule has 0 saturated heterocycles. The number of hydrogen-bond acceptors (Lipinski definition) is 1. The van der Waals surface area contributed by atoms with Gasteiger partial charge >= 0.3 is 7.20 Å². The Hall–Kier alpha value is 1.18. The topological polar surface area (TPSA) is 9.23 Å². The van der Waals surface area contributed by atoms with Crippen LogP contribution in [0, 0.1) is 0 Å². The fraction of sp³-hybridized carbons (Fsp3) is 1.00. The molecule has 1 atom stereocenters. The van der Waals surface area contributed by atoms with E-state index in [1.165, 1.54) is 0 Å². The van der Waals surface area contributed by atoms with Gasteiger partial charge in [0, 0.05) is 7.11 Å². The summed E-state index contributed by atoms with van der Waals surface area (Å²) in [6.45, 7) is 0. The summed E-state index contributed by atoms with van der Waals surface area (Å²) in [5.41, 5.74) is 0. The molecule has 0 aliphatic rings. The molecule has 1 nitrogen and oxygen atoms in total. The summed E-state index contributed by atoms with van der Waals surface area (Å²) in [6.07, 6.45) is 0.781. The van der Waals surface area contributed by atoms with Crippen LogP contribution in [-0.4, -0.2) is 14.3 Å². The van der Waals surface area contributed by atoms with Crippen molar-refractivity contribution in [3.8, 4) is 0 Å². The number of rotatable bonds is 2. The van der Waals surface area contributed by atoms with Crippen molar-refractivity contribution in [2.24, 2.45) is 0 Å². The SMILES string of the molecule is CO[B]PI. The molecule has 5 heavy (non-hydrogen) atoms. The predicted octanol–water partition coefficient (Wildman–Crippen LogP) is 1.20. The average Bonchev–Trinajstić information content (AvgIpc) is 1.41. The average molecular weight is 201 g/mol. The summed E-state index contributed by atoms with van der Waals surface area (Å²) >= 11 is 2.23. The largest absolute Gasteiger partial charge is 0.436 e. The molecule has 0 aliphatic carbocycles. The molecule has 0 N–H and O–H groups in total. The first-order valence-electron chi connectivity index (χ1n) is 1.12. The monoisotopic (exact) mass is 201 g/mol. The van der Waals surface area contributed by atoms with Crippen molar-refractivity contribution < 1.29 is 4.65 Å². The minimum atomic E-state index is 0.781. The van der Waals surface area contributed by atoms with Gasteiger partial charge in [-0.25, -0.2) is 0 Å². The second-order valence-electron chi connectivity index (χ2n) is 0.463. The lowest BCUT2D eigenvalue weighted by Gasteiger charge is -1.79. The number of halogens is 1. The molecule has 0 fully saturated rings. The molecule has 0 aromatic rings. The minimum absolute atomic E-state index is 0.781. The van der Waals surface area contributed by atoms with E-state index in [2.05, 4.69) is 26.7 Å². The van der Waals surface area contributed by atoms with Crippen LogP contribution in [0.5, 0.6) is 0 Å². The lowest BCUT2D eigenvalue weighted by Crippen LogP contribution is -1.77. The van der Waals surface area contributed by atoms with Gasteiger partial charge in [0.25, 0.3) is 0 Å². The lowest BCUT2D eigenvalue weighted by molar-refractivity contribution is 0.455. The standard InChI is InChI=1S/CH4BIOP/c1-4-2-5-3/h5H,1H3. The maximum atomic E-state index is 4.57. The summed E-state index contributed by atoms with van der Waals surface area (Å²) in [4.78, 5) is 0. The summed E-state index contributed by atoms with van der Waals surface area (Å²) in [5, 5.41) is 0. The van der Waals surface area contributed by atoms with E-state index in [4.69, 9.17) is 0 Å². The zero-order valence-corrected chi connectivity index (χ0v) is 6.02. The van der Waals surface area contributed by atoms with Gasteiger partial charge in [-0.3, -0.25) is 0 Å². The smallest absolute Gasteiger partial charge is 0.332 e. The Morgan fingerprint density at radius 1 is 2.00 bits per heavy atom. The van der Waals surface area contributed by atoms with Gasteiger partial charge in [0.2, 0.25) is 0 Å². The third-order valence-electron chi connectivity index (χ3n) is 0.162.